The van der Waals surface area contributed by atoms with Gasteiger partial charge in [-0.1, -0.05) is 29.8 Å². The molecule has 1 saturated heterocycles. The standard InChI is InChI=1S/C14H21NO/c1-12-3-2-4-14(9-12)11-15-7-5-13(10-15)6-8-16/h2-4,9,13,16H,5-8,10-11H2,1H3. The van der Waals surface area contributed by atoms with E-state index in [1.807, 2.05) is 0 Å². The van der Waals surface area contributed by atoms with Gasteiger partial charge in [0.1, 0.15) is 0 Å². The first-order chi connectivity index (χ1) is 7.78. The summed E-state index contributed by atoms with van der Waals surface area (Å²) in [7, 11) is 0. The molecule has 2 nitrogen and oxygen atoms in total. The molecule has 1 aromatic carbocycles. The van der Waals surface area contributed by atoms with Gasteiger partial charge in [-0.3, -0.25) is 4.90 Å². The molecule has 0 saturated carbocycles. The molecule has 0 radical (unpaired) electrons. The van der Waals surface area contributed by atoms with Gasteiger partial charge in [-0.2, -0.15) is 0 Å². The molecule has 1 unspecified atom stereocenters. The lowest BCUT2D eigenvalue weighted by Gasteiger charge is -2.16. The van der Waals surface area contributed by atoms with E-state index in [1.54, 1.807) is 0 Å². The molecule has 0 spiro atoms. The van der Waals surface area contributed by atoms with E-state index in [0.717, 1.165) is 19.5 Å². The van der Waals surface area contributed by atoms with E-state index in [0.29, 0.717) is 12.5 Å². The number of aliphatic hydroxyl groups excluding tert-OH is 1. The van der Waals surface area contributed by atoms with Crippen molar-refractivity contribution in [3.8, 4) is 0 Å². The number of rotatable bonds is 4. The van der Waals surface area contributed by atoms with Gasteiger partial charge < -0.3 is 5.11 Å². The van der Waals surface area contributed by atoms with Gasteiger partial charge in [-0.05, 0) is 37.8 Å². The highest BCUT2D eigenvalue weighted by Crippen LogP contribution is 2.21. The van der Waals surface area contributed by atoms with Crippen LogP contribution in [0.3, 0.4) is 0 Å². The Hall–Kier alpha value is -0.860. The Morgan fingerprint density at radius 1 is 1.44 bits per heavy atom. The highest BCUT2D eigenvalue weighted by atomic mass is 16.3. The van der Waals surface area contributed by atoms with Crippen LogP contribution in [0.25, 0.3) is 0 Å². The average molecular weight is 219 g/mol. The molecule has 2 rings (SSSR count). The van der Waals surface area contributed by atoms with Crippen LogP contribution in [-0.2, 0) is 6.54 Å². The second-order valence-corrected chi connectivity index (χ2v) is 4.89. The molecule has 0 aliphatic carbocycles. The maximum Gasteiger partial charge on any atom is 0.0434 e. The molecule has 0 amide bonds. The highest BCUT2D eigenvalue weighted by molar-refractivity contribution is 5.22. The molecule has 16 heavy (non-hydrogen) atoms. The third-order valence-corrected chi connectivity index (χ3v) is 3.40. The van der Waals surface area contributed by atoms with Gasteiger partial charge in [-0.25, -0.2) is 0 Å². The van der Waals surface area contributed by atoms with E-state index in [4.69, 9.17) is 5.11 Å². The molecule has 1 aromatic rings. The minimum Gasteiger partial charge on any atom is -0.396 e. The molecule has 88 valence electrons. The van der Waals surface area contributed by atoms with Crippen LogP contribution in [0.2, 0.25) is 0 Å². The summed E-state index contributed by atoms with van der Waals surface area (Å²) in [6.07, 6.45) is 2.21. The molecule has 1 fully saturated rings. The lowest BCUT2D eigenvalue weighted by Crippen LogP contribution is -2.20. The van der Waals surface area contributed by atoms with Crippen LogP contribution in [-0.4, -0.2) is 29.7 Å². The smallest absolute Gasteiger partial charge is 0.0434 e. The molecule has 1 aliphatic heterocycles. The Morgan fingerprint density at radius 3 is 3.06 bits per heavy atom. The van der Waals surface area contributed by atoms with Crippen LogP contribution in [0, 0.1) is 12.8 Å². The molecule has 1 N–H and O–H groups in total. The zero-order valence-electron chi connectivity index (χ0n) is 10.0. The molecule has 2 heteroatoms. The van der Waals surface area contributed by atoms with Gasteiger partial charge in [0.25, 0.3) is 0 Å². The quantitative estimate of drug-likeness (QED) is 0.839. The predicted molar refractivity (Wildman–Crippen MR) is 66.3 cm³/mol. The minimum atomic E-state index is 0.336. The zero-order valence-corrected chi connectivity index (χ0v) is 10.0. The first kappa shape index (κ1) is 11.6. The van der Waals surface area contributed by atoms with Gasteiger partial charge in [0.2, 0.25) is 0 Å². The predicted octanol–water partition coefficient (Wildman–Crippen LogP) is 2.20. The van der Waals surface area contributed by atoms with E-state index in [-0.39, 0.29) is 0 Å². The van der Waals surface area contributed by atoms with Crippen LogP contribution in [0.1, 0.15) is 24.0 Å². The first-order valence-corrected chi connectivity index (χ1v) is 6.16. The fourth-order valence-corrected chi connectivity index (χ4v) is 2.54. The summed E-state index contributed by atoms with van der Waals surface area (Å²) < 4.78 is 0. The summed E-state index contributed by atoms with van der Waals surface area (Å²) in [5, 5.41) is 8.92. The maximum atomic E-state index is 8.92. The number of nitrogens with zero attached hydrogens (tertiary/aromatic N) is 1. The van der Waals surface area contributed by atoms with Crippen molar-refractivity contribution in [1.29, 1.82) is 0 Å². The SMILES string of the molecule is Cc1cccc(CN2CCC(CCO)C2)c1. The van der Waals surface area contributed by atoms with Crippen molar-refractivity contribution < 1.29 is 5.11 Å². The monoisotopic (exact) mass is 219 g/mol. The number of aliphatic hydroxyl groups is 1. The Bertz CT molecular complexity index is 337. The van der Waals surface area contributed by atoms with Crippen molar-refractivity contribution in [3.63, 3.8) is 0 Å². The van der Waals surface area contributed by atoms with Crippen molar-refractivity contribution in [1.82, 2.24) is 4.90 Å². The van der Waals surface area contributed by atoms with E-state index in [9.17, 15) is 0 Å². The van der Waals surface area contributed by atoms with Crippen LogP contribution >= 0.6 is 0 Å². The molecule has 1 heterocycles. The maximum absolute atomic E-state index is 8.92. The number of benzene rings is 1. The fraction of sp³-hybridized carbons (Fsp3) is 0.571. The largest absolute Gasteiger partial charge is 0.396 e. The Labute approximate surface area is 97.9 Å². The van der Waals surface area contributed by atoms with Crippen molar-refractivity contribution in [2.24, 2.45) is 5.92 Å². The summed E-state index contributed by atoms with van der Waals surface area (Å²) in [4.78, 5) is 2.50. The normalized spacial score (nSPS) is 21.5. The number of hydrogen-bond acceptors (Lipinski definition) is 2. The number of aryl methyl sites for hydroxylation is 1. The molecule has 1 aliphatic rings. The van der Waals surface area contributed by atoms with Gasteiger partial charge >= 0.3 is 0 Å². The molecule has 0 aromatic heterocycles. The highest BCUT2D eigenvalue weighted by Gasteiger charge is 2.21. The van der Waals surface area contributed by atoms with Gasteiger partial charge in [0, 0.05) is 19.7 Å². The lowest BCUT2D eigenvalue weighted by atomic mass is 10.1. The van der Waals surface area contributed by atoms with Gasteiger partial charge in [-0.15, -0.1) is 0 Å². The van der Waals surface area contributed by atoms with Gasteiger partial charge in [0.05, 0.1) is 0 Å². The number of hydrogen-bond donors (Lipinski definition) is 1. The fourth-order valence-electron chi connectivity index (χ4n) is 2.54. The third kappa shape index (κ3) is 3.06. The summed E-state index contributed by atoms with van der Waals surface area (Å²) in [5.74, 6) is 0.704. The zero-order chi connectivity index (χ0) is 11.4. The van der Waals surface area contributed by atoms with Crippen LogP contribution in [0.4, 0.5) is 0 Å². The molecular formula is C14H21NO. The van der Waals surface area contributed by atoms with Crippen molar-refractivity contribution in [2.75, 3.05) is 19.7 Å². The topological polar surface area (TPSA) is 23.5 Å². The lowest BCUT2D eigenvalue weighted by molar-refractivity contribution is 0.249. The van der Waals surface area contributed by atoms with Crippen molar-refractivity contribution in [3.05, 3.63) is 35.4 Å². The summed E-state index contributed by atoms with van der Waals surface area (Å²) >= 11 is 0. The second-order valence-electron chi connectivity index (χ2n) is 4.89. The van der Waals surface area contributed by atoms with Crippen LogP contribution in [0.15, 0.2) is 24.3 Å². The third-order valence-electron chi connectivity index (χ3n) is 3.40. The molecule has 0 bridgehead atoms. The Balaban J connectivity index is 1.87. The van der Waals surface area contributed by atoms with Crippen molar-refractivity contribution >= 4 is 0 Å². The first-order valence-electron chi connectivity index (χ1n) is 6.16. The molecular weight excluding hydrogens is 198 g/mol. The molecule has 1 atom stereocenters. The van der Waals surface area contributed by atoms with Crippen molar-refractivity contribution in [2.45, 2.75) is 26.3 Å². The summed E-state index contributed by atoms with van der Waals surface area (Å²) in [6.45, 7) is 5.86. The minimum absolute atomic E-state index is 0.336. The van der Waals surface area contributed by atoms with E-state index in [1.165, 1.54) is 24.1 Å². The van der Waals surface area contributed by atoms with E-state index >= 15 is 0 Å². The van der Waals surface area contributed by atoms with E-state index < -0.39 is 0 Å². The van der Waals surface area contributed by atoms with Crippen LogP contribution in [0.5, 0.6) is 0 Å². The second kappa shape index (κ2) is 5.46. The average Bonchev–Trinajstić information content (AvgIpc) is 2.66. The summed E-state index contributed by atoms with van der Waals surface area (Å²) in [6, 6.07) is 8.74. The number of likely N-dealkylation sites (tertiary alicyclic amines) is 1. The Kier molecular flexibility index (Phi) is 3.97. The van der Waals surface area contributed by atoms with Gasteiger partial charge in [0.15, 0.2) is 0 Å². The summed E-state index contributed by atoms with van der Waals surface area (Å²) in [5.41, 5.74) is 2.74. The Morgan fingerprint density at radius 2 is 2.31 bits per heavy atom. The van der Waals surface area contributed by atoms with Crippen LogP contribution < -0.4 is 0 Å². The van der Waals surface area contributed by atoms with E-state index in [2.05, 4.69) is 36.1 Å².